The summed E-state index contributed by atoms with van der Waals surface area (Å²) in [6.45, 7) is 4.40. The van der Waals surface area contributed by atoms with Crippen LogP contribution in [-0.4, -0.2) is 74.2 Å². The van der Waals surface area contributed by atoms with Crippen LogP contribution in [0, 0.1) is 0 Å². The Morgan fingerprint density at radius 2 is 1.88 bits per heavy atom. The first-order chi connectivity index (χ1) is 16.3. The summed E-state index contributed by atoms with van der Waals surface area (Å²) in [5.41, 5.74) is -0.749. The minimum Gasteiger partial charge on any atom is -0.493 e. The van der Waals surface area contributed by atoms with Crippen molar-refractivity contribution < 1.29 is 33.3 Å². The van der Waals surface area contributed by atoms with Gasteiger partial charge in [0.25, 0.3) is 5.91 Å². The van der Waals surface area contributed by atoms with Crippen molar-refractivity contribution >= 4 is 23.5 Å². The average molecular weight is 475 g/mol. The van der Waals surface area contributed by atoms with E-state index in [1.54, 1.807) is 39.2 Å². The Labute approximate surface area is 197 Å². The molecule has 1 atom stereocenters. The fourth-order valence-corrected chi connectivity index (χ4v) is 3.86. The molecule has 11 nitrogen and oxygen atoms in total. The fraction of sp³-hybridized carbons (Fsp3) is 0.478. The molecule has 0 radical (unpaired) electrons. The summed E-state index contributed by atoms with van der Waals surface area (Å²) in [6.07, 6.45) is 0.614. The van der Waals surface area contributed by atoms with Crippen molar-refractivity contribution in [3.63, 3.8) is 0 Å². The van der Waals surface area contributed by atoms with Gasteiger partial charge in [0.1, 0.15) is 11.2 Å². The molecular formula is C23H30N4O7. The molecule has 0 fully saturated rings. The van der Waals surface area contributed by atoms with E-state index in [4.69, 9.17) is 18.9 Å². The molecule has 1 N–H and O–H groups in total. The van der Waals surface area contributed by atoms with Crippen molar-refractivity contribution in [2.75, 3.05) is 46.0 Å². The van der Waals surface area contributed by atoms with E-state index < -0.39 is 17.4 Å². The highest BCUT2D eigenvalue weighted by atomic mass is 16.5. The number of hydrogen-bond acceptors (Lipinski definition) is 8. The Bertz CT molecular complexity index is 1070. The van der Waals surface area contributed by atoms with Crippen molar-refractivity contribution in [3.05, 3.63) is 35.7 Å². The van der Waals surface area contributed by atoms with E-state index in [9.17, 15) is 14.4 Å². The molecule has 0 unspecified atom stereocenters. The van der Waals surface area contributed by atoms with Crippen molar-refractivity contribution in [2.24, 2.45) is 0 Å². The van der Waals surface area contributed by atoms with Gasteiger partial charge in [-0.3, -0.25) is 19.2 Å². The van der Waals surface area contributed by atoms with Gasteiger partial charge in [0.2, 0.25) is 5.91 Å². The normalized spacial score (nSPS) is 17.2. The third kappa shape index (κ3) is 4.69. The highest BCUT2D eigenvalue weighted by Gasteiger charge is 2.49. The minimum absolute atomic E-state index is 0.00205. The van der Waals surface area contributed by atoms with E-state index >= 15 is 0 Å². The van der Waals surface area contributed by atoms with Gasteiger partial charge in [0.15, 0.2) is 17.2 Å². The first-order valence-electron chi connectivity index (χ1n) is 10.9. The lowest BCUT2D eigenvalue weighted by Gasteiger charge is -2.43. The fourth-order valence-electron chi connectivity index (χ4n) is 3.86. The molecule has 3 rings (SSSR count). The zero-order valence-corrected chi connectivity index (χ0v) is 20.0. The number of ether oxygens (including phenoxy) is 4. The minimum atomic E-state index is -1.35. The lowest BCUT2D eigenvalue weighted by molar-refractivity contribution is -0.126. The largest absolute Gasteiger partial charge is 0.493 e. The lowest BCUT2D eigenvalue weighted by Crippen LogP contribution is -2.64. The summed E-state index contributed by atoms with van der Waals surface area (Å²) in [7, 11) is 4.58. The van der Waals surface area contributed by atoms with Gasteiger partial charge in [0, 0.05) is 38.1 Å². The van der Waals surface area contributed by atoms with Crippen LogP contribution in [0.25, 0.3) is 0 Å². The van der Waals surface area contributed by atoms with Crippen LogP contribution in [0.4, 0.5) is 5.69 Å². The number of nitrogens with one attached hydrogen (secondary N) is 1. The molecule has 0 saturated heterocycles. The summed E-state index contributed by atoms with van der Waals surface area (Å²) < 4.78 is 22.1. The Morgan fingerprint density at radius 3 is 2.53 bits per heavy atom. The van der Waals surface area contributed by atoms with Crippen LogP contribution in [-0.2, 0) is 20.8 Å². The van der Waals surface area contributed by atoms with Crippen molar-refractivity contribution in [3.8, 4) is 11.5 Å². The number of carbonyl (C=O) groups excluding carboxylic acids is 3. The van der Waals surface area contributed by atoms with E-state index in [1.807, 2.05) is 0 Å². The maximum absolute atomic E-state index is 13.7. The predicted octanol–water partition coefficient (Wildman–Crippen LogP) is 1.65. The number of carbonyl (C=O) groups is 3. The quantitative estimate of drug-likeness (QED) is 0.408. The number of nitrogens with zero attached hydrogens (tertiary/aromatic N) is 3. The topological polar surface area (TPSA) is 121 Å². The molecule has 1 aliphatic heterocycles. The van der Waals surface area contributed by atoms with Gasteiger partial charge >= 0.3 is 5.97 Å². The average Bonchev–Trinajstić information content (AvgIpc) is 3.26. The van der Waals surface area contributed by atoms with Crippen LogP contribution in [0.3, 0.4) is 0 Å². The molecule has 1 aromatic heterocycles. The van der Waals surface area contributed by atoms with Crippen molar-refractivity contribution in [1.82, 2.24) is 15.1 Å². The van der Waals surface area contributed by atoms with Gasteiger partial charge < -0.3 is 24.3 Å². The highest BCUT2D eigenvalue weighted by molar-refractivity contribution is 6.12. The number of rotatable bonds is 10. The van der Waals surface area contributed by atoms with Gasteiger partial charge in [0.05, 0.1) is 27.4 Å². The number of methoxy groups -OCH3 is 3. The first kappa shape index (κ1) is 25.0. The highest BCUT2D eigenvalue weighted by Crippen LogP contribution is 2.37. The molecule has 2 amide bonds. The standard InChI is InChI=1S/C23H30N4O7/c1-6-34-21(29)16-13-17-20(28)27(15-8-9-18(32-4)19(12-15)33-5)23(2,14-26(17)25-16)22(30)24-10-7-11-31-3/h8-9,12-13H,6-7,10-11,14H2,1-5H3,(H,24,30)/t23-/m1/s1. The van der Waals surface area contributed by atoms with Crippen LogP contribution in [0.1, 0.15) is 41.2 Å². The molecule has 0 bridgehead atoms. The monoisotopic (exact) mass is 474 g/mol. The summed E-state index contributed by atoms with van der Waals surface area (Å²) in [5.74, 6) is -0.611. The van der Waals surface area contributed by atoms with Gasteiger partial charge in [-0.15, -0.1) is 0 Å². The summed E-state index contributed by atoms with van der Waals surface area (Å²) >= 11 is 0. The Hall–Kier alpha value is -3.60. The SMILES string of the molecule is CCOC(=O)c1cc2n(n1)C[C@](C)(C(=O)NCCCOC)N(c1ccc(OC)c(OC)c1)C2=O. The van der Waals surface area contributed by atoms with E-state index in [0.717, 1.165) is 0 Å². The Morgan fingerprint density at radius 1 is 1.15 bits per heavy atom. The van der Waals surface area contributed by atoms with Crippen molar-refractivity contribution in [2.45, 2.75) is 32.4 Å². The van der Waals surface area contributed by atoms with Crippen LogP contribution >= 0.6 is 0 Å². The van der Waals surface area contributed by atoms with E-state index in [0.29, 0.717) is 36.8 Å². The second-order valence-corrected chi connectivity index (χ2v) is 7.85. The predicted molar refractivity (Wildman–Crippen MR) is 122 cm³/mol. The molecule has 11 heteroatoms. The first-order valence-corrected chi connectivity index (χ1v) is 10.9. The zero-order valence-electron chi connectivity index (χ0n) is 20.0. The van der Waals surface area contributed by atoms with E-state index in [1.165, 1.54) is 29.9 Å². The molecule has 0 saturated carbocycles. The molecule has 34 heavy (non-hydrogen) atoms. The summed E-state index contributed by atoms with van der Waals surface area (Å²) in [4.78, 5) is 40.7. The Kier molecular flexibility index (Phi) is 7.77. The number of hydrogen-bond donors (Lipinski definition) is 1. The third-order valence-corrected chi connectivity index (χ3v) is 5.56. The molecule has 184 valence electrons. The summed E-state index contributed by atoms with van der Waals surface area (Å²) in [5, 5.41) is 7.12. The second-order valence-electron chi connectivity index (χ2n) is 7.85. The van der Waals surface area contributed by atoms with Gasteiger partial charge in [-0.05, 0) is 32.4 Å². The molecule has 2 heterocycles. The third-order valence-electron chi connectivity index (χ3n) is 5.56. The number of benzene rings is 1. The number of aromatic nitrogens is 2. The van der Waals surface area contributed by atoms with Crippen LogP contribution in [0.2, 0.25) is 0 Å². The van der Waals surface area contributed by atoms with Gasteiger partial charge in [-0.1, -0.05) is 0 Å². The lowest BCUT2D eigenvalue weighted by atomic mass is 9.94. The van der Waals surface area contributed by atoms with Crippen LogP contribution in [0.15, 0.2) is 24.3 Å². The van der Waals surface area contributed by atoms with Crippen molar-refractivity contribution in [1.29, 1.82) is 0 Å². The number of fused-ring (bicyclic) bond motifs is 1. The molecule has 2 aromatic rings. The van der Waals surface area contributed by atoms with E-state index in [-0.39, 0.29) is 30.4 Å². The molecule has 1 aliphatic rings. The zero-order chi connectivity index (χ0) is 24.9. The summed E-state index contributed by atoms with van der Waals surface area (Å²) in [6, 6.07) is 6.35. The van der Waals surface area contributed by atoms with E-state index in [2.05, 4.69) is 10.4 Å². The molecular weight excluding hydrogens is 444 g/mol. The van der Waals surface area contributed by atoms with Gasteiger partial charge in [-0.2, -0.15) is 5.10 Å². The molecule has 0 aliphatic carbocycles. The van der Waals surface area contributed by atoms with Gasteiger partial charge in [-0.25, -0.2) is 4.79 Å². The Balaban J connectivity index is 2.06. The number of amides is 2. The number of esters is 1. The second kappa shape index (κ2) is 10.6. The molecule has 1 aromatic carbocycles. The maximum atomic E-state index is 13.7. The smallest absolute Gasteiger partial charge is 0.358 e. The number of anilines is 1. The van der Waals surface area contributed by atoms with Crippen LogP contribution < -0.4 is 19.7 Å². The maximum Gasteiger partial charge on any atom is 0.358 e. The van der Waals surface area contributed by atoms with Crippen LogP contribution in [0.5, 0.6) is 11.5 Å². The molecule has 0 spiro atoms.